The second-order valence-electron chi connectivity index (χ2n) is 3.99. The van der Waals surface area contributed by atoms with E-state index in [-0.39, 0.29) is 17.3 Å². The molecular weight excluding hydrogens is 307 g/mol. The molecule has 0 saturated carbocycles. The molecule has 0 aliphatic heterocycles. The lowest BCUT2D eigenvalue weighted by atomic mass is 10.2. The van der Waals surface area contributed by atoms with Gasteiger partial charge in [0.1, 0.15) is 11.5 Å². The van der Waals surface area contributed by atoms with Gasteiger partial charge in [-0.25, -0.2) is 4.39 Å². The Morgan fingerprint density at radius 2 is 2.30 bits per heavy atom. The third-order valence-corrected chi connectivity index (χ3v) is 3.64. The first kappa shape index (κ1) is 14.7. The van der Waals surface area contributed by atoms with Crippen LogP contribution in [0.3, 0.4) is 0 Å². The van der Waals surface area contributed by atoms with Crippen molar-refractivity contribution < 1.29 is 14.4 Å². The van der Waals surface area contributed by atoms with Crippen LogP contribution in [0.25, 0.3) is 0 Å². The molecule has 0 fully saturated rings. The Labute approximate surface area is 122 Å². The van der Waals surface area contributed by atoms with Gasteiger partial charge in [-0.1, -0.05) is 11.6 Å². The molecule has 0 aliphatic carbocycles. The van der Waals surface area contributed by atoms with Crippen molar-refractivity contribution >= 4 is 34.3 Å². The van der Waals surface area contributed by atoms with Gasteiger partial charge in [0.05, 0.1) is 22.1 Å². The maximum atomic E-state index is 13.2. The van der Waals surface area contributed by atoms with Gasteiger partial charge in [-0.05, 0) is 28.5 Å². The van der Waals surface area contributed by atoms with Crippen LogP contribution in [-0.4, -0.2) is 16.6 Å². The van der Waals surface area contributed by atoms with Gasteiger partial charge in [0, 0.05) is 6.54 Å². The molecule has 20 heavy (non-hydrogen) atoms. The highest BCUT2D eigenvalue weighted by atomic mass is 35.5. The summed E-state index contributed by atoms with van der Waals surface area (Å²) in [5.74, 6) is -0.859. The zero-order chi connectivity index (χ0) is 14.7. The normalized spacial score (nSPS) is 12.2. The summed E-state index contributed by atoms with van der Waals surface area (Å²) in [6.07, 6.45) is -0.815. The van der Waals surface area contributed by atoms with E-state index in [1.165, 1.54) is 11.3 Å². The van der Waals surface area contributed by atoms with Gasteiger partial charge in [-0.2, -0.15) is 11.3 Å². The number of hydrogen-bond acceptors (Lipinski definition) is 5. The molecule has 2 rings (SSSR count). The van der Waals surface area contributed by atoms with E-state index in [4.69, 9.17) is 11.6 Å². The van der Waals surface area contributed by atoms with Gasteiger partial charge < -0.3 is 10.4 Å². The molecule has 1 unspecified atom stereocenters. The summed E-state index contributed by atoms with van der Waals surface area (Å²) < 4.78 is 13.2. The summed E-state index contributed by atoms with van der Waals surface area (Å²) >= 11 is 7.04. The van der Waals surface area contributed by atoms with Gasteiger partial charge >= 0.3 is 0 Å². The second-order valence-corrected chi connectivity index (χ2v) is 5.18. The van der Waals surface area contributed by atoms with E-state index < -0.39 is 22.5 Å². The first-order valence-electron chi connectivity index (χ1n) is 5.56. The van der Waals surface area contributed by atoms with Crippen LogP contribution in [0.2, 0.25) is 5.02 Å². The van der Waals surface area contributed by atoms with E-state index in [0.29, 0.717) is 5.56 Å². The van der Waals surface area contributed by atoms with Crippen molar-refractivity contribution in [3.8, 4) is 0 Å². The maximum absolute atomic E-state index is 13.2. The zero-order valence-electron chi connectivity index (χ0n) is 10.0. The molecule has 1 aromatic heterocycles. The highest BCUT2D eigenvalue weighted by Gasteiger charge is 2.18. The first-order chi connectivity index (χ1) is 9.49. The van der Waals surface area contributed by atoms with E-state index in [2.05, 4.69) is 5.32 Å². The summed E-state index contributed by atoms with van der Waals surface area (Å²) in [5, 5.41) is 26.8. The van der Waals surface area contributed by atoms with Crippen LogP contribution in [-0.2, 0) is 0 Å². The fourth-order valence-electron chi connectivity index (χ4n) is 1.62. The van der Waals surface area contributed by atoms with Crippen molar-refractivity contribution in [1.82, 2.24) is 0 Å². The molecule has 0 amide bonds. The van der Waals surface area contributed by atoms with Gasteiger partial charge in [-0.3, -0.25) is 10.1 Å². The lowest BCUT2D eigenvalue weighted by molar-refractivity contribution is -0.384. The highest BCUT2D eigenvalue weighted by Crippen LogP contribution is 2.30. The standard InChI is InChI=1S/C12H10ClFN2O3S/c13-8-3-10(11(16(18)19)4-9(8)14)15-5-12(17)7-1-2-20-6-7/h1-4,6,12,15,17H,5H2. The van der Waals surface area contributed by atoms with E-state index in [1.54, 1.807) is 11.4 Å². The van der Waals surface area contributed by atoms with Crippen LogP contribution >= 0.6 is 22.9 Å². The minimum absolute atomic E-state index is 0.0551. The fraction of sp³-hybridized carbons (Fsp3) is 0.167. The largest absolute Gasteiger partial charge is 0.387 e. The van der Waals surface area contributed by atoms with Crippen LogP contribution in [0, 0.1) is 15.9 Å². The first-order valence-corrected chi connectivity index (χ1v) is 6.88. The van der Waals surface area contributed by atoms with Crippen LogP contribution < -0.4 is 5.32 Å². The molecule has 0 aliphatic rings. The van der Waals surface area contributed by atoms with E-state index in [1.807, 2.05) is 5.38 Å². The predicted molar refractivity (Wildman–Crippen MR) is 75.8 cm³/mol. The van der Waals surface area contributed by atoms with Crippen LogP contribution in [0.1, 0.15) is 11.7 Å². The summed E-state index contributed by atoms with van der Waals surface area (Å²) in [4.78, 5) is 10.1. The Balaban J connectivity index is 2.16. The minimum Gasteiger partial charge on any atom is -0.387 e. The van der Waals surface area contributed by atoms with Crippen molar-refractivity contribution in [1.29, 1.82) is 0 Å². The smallest absolute Gasteiger partial charge is 0.295 e. The molecule has 0 bridgehead atoms. The second kappa shape index (κ2) is 6.17. The Hall–Kier alpha value is -1.70. The van der Waals surface area contributed by atoms with Gasteiger partial charge in [0.15, 0.2) is 0 Å². The number of nitro groups is 1. The van der Waals surface area contributed by atoms with Crippen molar-refractivity contribution in [2.45, 2.75) is 6.10 Å². The molecule has 1 heterocycles. The van der Waals surface area contributed by atoms with Crippen LogP contribution in [0.15, 0.2) is 29.0 Å². The molecule has 8 heteroatoms. The third-order valence-electron chi connectivity index (χ3n) is 2.65. The van der Waals surface area contributed by atoms with Crippen molar-refractivity contribution in [3.63, 3.8) is 0 Å². The van der Waals surface area contributed by atoms with E-state index in [9.17, 15) is 19.6 Å². The number of aliphatic hydroxyl groups excluding tert-OH is 1. The predicted octanol–water partition coefficient (Wildman–Crippen LogP) is 3.59. The molecule has 1 atom stereocenters. The molecule has 2 aromatic rings. The Morgan fingerprint density at radius 3 is 2.90 bits per heavy atom. The van der Waals surface area contributed by atoms with Crippen LogP contribution in [0.4, 0.5) is 15.8 Å². The summed E-state index contributed by atoms with van der Waals surface area (Å²) in [5.41, 5.74) is 0.346. The number of rotatable bonds is 5. The SMILES string of the molecule is O=[N+]([O-])c1cc(F)c(Cl)cc1NCC(O)c1ccsc1. The van der Waals surface area contributed by atoms with Gasteiger partial charge in [-0.15, -0.1) is 0 Å². The Kier molecular flexibility index (Phi) is 4.53. The van der Waals surface area contributed by atoms with E-state index >= 15 is 0 Å². The average molecular weight is 317 g/mol. The minimum atomic E-state index is -0.859. The molecule has 1 aromatic carbocycles. The number of halogens is 2. The highest BCUT2D eigenvalue weighted by molar-refractivity contribution is 7.07. The number of nitro benzene ring substituents is 1. The summed E-state index contributed by atoms with van der Waals surface area (Å²) in [6, 6.07) is 3.64. The number of anilines is 1. The third kappa shape index (κ3) is 3.24. The maximum Gasteiger partial charge on any atom is 0.295 e. The Bertz CT molecular complexity index is 621. The summed E-state index contributed by atoms with van der Waals surface area (Å²) in [6.45, 7) is 0.0551. The molecule has 2 N–H and O–H groups in total. The lowest BCUT2D eigenvalue weighted by Crippen LogP contribution is -2.12. The Morgan fingerprint density at radius 1 is 1.55 bits per heavy atom. The number of thiophene rings is 1. The quantitative estimate of drug-likeness (QED) is 0.653. The monoisotopic (exact) mass is 316 g/mol. The van der Waals surface area contributed by atoms with Crippen molar-refractivity contribution in [2.75, 3.05) is 11.9 Å². The number of aliphatic hydroxyl groups is 1. The van der Waals surface area contributed by atoms with Crippen molar-refractivity contribution in [2.24, 2.45) is 0 Å². The van der Waals surface area contributed by atoms with Crippen molar-refractivity contribution in [3.05, 3.63) is 55.5 Å². The molecule has 5 nitrogen and oxygen atoms in total. The topological polar surface area (TPSA) is 75.4 Å². The zero-order valence-corrected chi connectivity index (χ0v) is 11.6. The number of benzene rings is 1. The fourth-order valence-corrected chi connectivity index (χ4v) is 2.49. The molecule has 0 spiro atoms. The molecule has 0 radical (unpaired) electrons. The van der Waals surface area contributed by atoms with E-state index in [0.717, 1.165) is 12.1 Å². The number of hydrogen-bond donors (Lipinski definition) is 2. The average Bonchev–Trinajstić information content (AvgIpc) is 2.93. The number of nitrogens with zero attached hydrogens (tertiary/aromatic N) is 1. The number of nitrogens with one attached hydrogen (secondary N) is 1. The molecule has 106 valence electrons. The van der Waals surface area contributed by atoms with Gasteiger partial charge in [0.25, 0.3) is 5.69 Å². The van der Waals surface area contributed by atoms with Gasteiger partial charge in [0.2, 0.25) is 0 Å². The molecular formula is C12H10ClFN2O3S. The summed E-state index contributed by atoms with van der Waals surface area (Å²) in [7, 11) is 0. The van der Waals surface area contributed by atoms with Crippen LogP contribution in [0.5, 0.6) is 0 Å². The molecule has 0 saturated heterocycles. The lowest BCUT2D eigenvalue weighted by Gasteiger charge is -2.12.